The summed E-state index contributed by atoms with van der Waals surface area (Å²) in [4.78, 5) is 24.0. The van der Waals surface area contributed by atoms with Crippen LogP contribution in [0, 0.1) is 5.92 Å². The number of hydrogen-bond donors (Lipinski definition) is 1. The fourth-order valence-electron chi connectivity index (χ4n) is 2.61. The first kappa shape index (κ1) is 15.5. The molecule has 0 aromatic heterocycles. The zero-order valence-corrected chi connectivity index (χ0v) is 12.5. The van der Waals surface area contributed by atoms with Crippen molar-refractivity contribution >= 4 is 11.9 Å². The molecule has 1 aromatic carbocycles. The molecule has 1 N–H and O–H groups in total. The van der Waals surface area contributed by atoms with Gasteiger partial charge in [-0.1, -0.05) is 49.6 Å². The summed E-state index contributed by atoms with van der Waals surface area (Å²) in [5, 5.41) is 2.77. The molecule has 0 spiro atoms. The predicted octanol–water partition coefficient (Wildman–Crippen LogP) is 2.81. The minimum Gasteiger partial charge on any atom is -0.459 e. The average molecular weight is 289 g/mol. The van der Waals surface area contributed by atoms with Crippen LogP contribution in [0.15, 0.2) is 30.3 Å². The number of amides is 1. The Balaban J connectivity index is 1.75. The molecule has 2 rings (SSSR count). The van der Waals surface area contributed by atoms with Crippen LogP contribution in [-0.4, -0.2) is 17.9 Å². The first-order valence-electron chi connectivity index (χ1n) is 7.68. The van der Waals surface area contributed by atoms with Gasteiger partial charge in [0.1, 0.15) is 12.6 Å². The molecule has 4 nitrogen and oxygen atoms in total. The van der Waals surface area contributed by atoms with Crippen LogP contribution in [0.3, 0.4) is 0 Å². The molecule has 1 amide bonds. The Morgan fingerprint density at radius 2 is 1.86 bits per heavy atom. The SMILES string of the molecule is C[C@H](NC(=O)C1CCCCC1)C(=O)OCc1ccccc1. The molecule has 0 aliphatic heterocycles. The van der Waals surface area contributed by atoms with E-state index in [9.17, 15) is 9.59 Å². The van der Waals surface area contributed by atoms with Crippen molar-refractivity contribution < 1.29 is 14.3 Å². The van der Waals surface area contributed by atoms with Gasteiger partial charge in [-0.3, -0.25) is 4.79 Å². The fraction of sp³-hybridized carbons (Fsp3) is 0.529. The number of esters is 1. The van der Waals surface area contributed by atoms with Crippen molar-refractivity contribution in [2.24, 2.45) is 5.92 Å². The molecule has 1 fully saturated rings. The molecule has 1 atom stereocenters. The molecule has 0 saturated heterocycles. The summed E-state index contributed by atoms with van der Waals surface area (Å²) in [6, 6.07) is 8.92. The van der Waals surface area contributed by atoms with Gasteiger partial charge in [-0.25, -0.2) is 4.79 Å². The van der Waals surface area contributed by atoms with Gasteiger partial charge in [0.15, 0.2) is 0 Å². The van der Waals surface area contributed by atoms with E-state index in [2.05, 4.69) is 5.32 Å². The van der Waals surface area contributed by atoms with Gasteiger partial charge in [0.25, 0.3) is 0 Å². The van der Waals surface area contributed by atoms with Crippen LogP contribution in [0.2, 0.25) is 0 Å². The van der Waals surface area contributed by atoms with Gasteiger partial charge < -0.3 is 10.1 Å². The molecular weight excluding hydrogens is 266 g/mol. The number of rotatable bonds is 5. The van der Waals surface area contributed by atoms with Gasteiger partial charge in [0, 0.05) is 5.92 Å². The number of carbonyl (C=O) groups excluding carboxylic acids is 2. The van der Waals surface area contributed by atoms with Crippen molar-refractivity contribution in [1.82, 2.24) is 5.32 Å². The van der Waals surface area contributed by atoms with Crippen LogP contribution < -0.4 is 5.32 Å². The highest BCUT2D eigenvalue weighted by molar-refractivity contribution is 5.85. The number of ether oxygens (including phenoxy) is 1. The van der Waals surface area contributed by atoms with Gasteiger partial charge in [-0.15, -0.1) is 0 Å². The Morgan fingerprint density at radius 1 is 1.19 bits per heavy atom. The van der Waals surface area contributed by atoms with Crippen molar-refractivity contribution in [1.29, 1.82) is 0 Å². The lowest BCUT2D eigenvalue weighted by atomic mass is 9.88. The standard InChI is InChI=1S/C17H23NO3/c1-13(18-16(19)15-10-6-3-7-11-15)17(20)21-12-14-8-4-2-5-9-14/h2,4-5,8-9,13,15H,3,6-7,10-12H2,1H3,(H,18,19)/t13-/m0/s1. The van der Waals surface area contributed by atoms with Gasteiger partial charge in [0.05, 0.1) is 0 Å². The van der Waals surface area contributed by atoms with Gasteiger partial charge in [0.2, 0.25) is 5.91 Å². The minimum absolute atomic E-state index is 0.0149. The predicted molar refractivity (Wildman–Crippen MR) is 80.4 cm³/mol. The highest BCUT2D eigenvalue weighted by Gasteiger charge is 2.24. The summed E-state index contributed by atoms with van der Waals surface area (Å²) in [6.07, 6.45) is 5.27. The number of carbonyl (C=O) groups is 2. The first-order valence-corrected chi connectivity index (χ1v) is 7.68. The van der Waals surface area contributed by atoms with E-state index >= 15 is 0 Å². The van der Waals surface area contributed by atoms with Crippen LogP contribution in [0.4, 0.5) is 0 Å². The quantitative estimate of drug-likeness (QED) is 0.848. The molecule has 0 bridgehead atoms. The zero-order chi connectivity index (χ0) is 15.1. The maximum absolute atomic E-state index is 12.1. The summed E-state index contributed by atoms with van der Waals surface area (Å²) in [5.74, 6) is -0.343. The van der Waals surface area contributed by atoms with Crippen LogP contribution in [0.5, 0.6) is 0 Å². The third-order valence-corrected chi connectivity index (χ3v) is 3.91. The molecular formula is C17H23NO3. The molecule has 0 unspecified atom stereocenters. The minimum atomic E-state index is -0.594. The van der Waals surface area contributed by atoms with E-state index in [1.165, 1.54) is 6.42 Å². The highest BCUT2D eigenvalue weighted by atomic mass is 16.5. The zero-order valence-electron chi connectivity index (χ0n) is 12.5. The smallest absolute Gasteiger partial charge is 0.328 e. The molecule has 0 radical (unpaired) electrons. The van der Waals surface area contributed by atoms with Gasteiger partial charge in [-0.2, -0.15) is 0 Å². The summed E-state index contributed by atoms with van der Waals surface area (Å²) < 4.78 is 5.22. The van der Waals surface area contributed by atoms with E-state index in [4.69, 9.17) is 4.74 Å². The highest BCUT2D eigenvalue weighted by Crippen LogP contribution is 2.23. The van der Waals surface area contributed by atoms with Crippen LogP contribution >= 0.6 is 0 Å². The van der Waals surface area contributed by atoms with Crippen molar-refractivity contribution in [3.8, 4) is 0 Å². The van der Waals surface area contributed by atoms with Crippen molar-refractivity contribution in [2.75, 3.05) is 0 Å². The Bertz CT molecular complexity index is 466. The van der Waals surface area contributed by atoms with E-state index < -0.39 is 6.04 Å². The lowest BCUT2D eigenvalue weighted by Gasteiger charge is -2.22. The maximum atomic E-state index is 12.1. The number of benzene rings is 1. The second kappa shape index (κ2) is 7.81. The second-order valence-corrected chi connectivity index (χ2v) is 5.66. The van der Waals surface area contributed by atoms with E-state index in [-0.39, 0.29) is 24.4 Å². The summed E-state index contributed by atoms with van der Waals surface area (Å²) in [7, 11) is 0. The van der Waals surface area contributed by atoms with Crippen LogP contribution in [0.1, 0.15) is 44.6 Å². The Kier molecular flexibility index (Phi) is 5.78. The van der Waals surface area contributed by atoms with Crippen LogP contribution in [-0.2, 0) is 20.9 Å². The Morgan fingerprint density at radius 3 is 2.52 bits per heavy atom. The lowest BCUT2D eigenvalue weighted by Crippen LogP contribution is -2.42. The third-order valence-electron chi connectivity index (χ3n) is 3.91. The lowest BCUT2D eigenvalue weighted by molar-refractivity contribution is -0.149. The molecule has 1 saturated carbocycles. The van der Waals surface area contributed by atoms with Crippen molar-refractivity contribution in [3.63, 3.8) is 0 Å². The van der Waals surface area contributed by atoms with E-state index in [1.807, 2.05) is 30.3 Å². The van der Waals surface area contributed by atoms with E-state index in [1.54, 1.807) is 6.92 Å². The molecule has 1 aliphatic rings. The van der Waals surface area contributed by atoms with E-state index in [0.29, 0.717) is 0 Å². The molecule has 4 heteroatoms. The van der Waals surface area contributed by atoms with E-state index in [0.717, 1.165) is 31.2 Å². The molecule has 21 heavy (non-hydrogen) atoms. The molecule has 114 valence electrons. The van der Waals surface area contributed by atoms with Crippen LogP contribution in [0.25, 0.3) is 0 Å². The average Bonchev–Trinajstić information content (AvgIpc) is 2.54. The Hall–Kier alpha value is -1.84. The van der Waals surface area contributed by atoms with Crippen molar-refractivity contribution in [2.45, 2.75) is 51.7 Å². The molecule has 1 aromatic rings. The Labute approximate surface area is 125 Å². The molecule has 0 heterocycles. The first-order chi connectivity index (χ1) is 10.2. The summed E-state index contributed by atoms with van der Waals surface area (Å²) in [6.45, 7) is 1.91. The largest absolute Gasteiger partial charge is 0.459 e. The second-order valence-electron chi connectivity index (χ2n) is 5.66. The topological polar surface area (TPSA) is 55.4 Å². The maximum Gasteiger partial charge on any atom is 0.328 e. The third kappa shape index (κ3) is 4.88. The molecule has 1 aliphatic carbocycles. The van der Waals surface area contributed by atoms with Crippen molar-refractivity contribution in [3.05, 3.63) is 35.9 Å². The monoisotopic (exact) mass is 289 g/mol. The summed E-state index contributed by atoms with van der Waals surface area (Å²) in [5.41, 5.74) is 0.941. The fourth-order valence-corrected chi connectivity index (χ4v) is 2.61. The normalized spacial score (nSPS) is 17.0. The summed E-state index contributed by atoms with van der Waals surface area (Å²) >= 11 is 0. The number of nitrogens with one attached hydrogen (secondary N) is 1. The number of hydrogen-bond acceptors (Lipinski definition) is 3. The van der Waals surface area contributed by atoms with Gasteiger partial charge in [-0.05, 0) is 25.3 Å². The van der Waals surface area contributed by atoms with Gasteiger partial charge >= 0.3 is 5.97 Å².